The molecule has 2 aromatic carbocycles. The number of benzene rings is 2. The molecule has 0 saturated carbocycles. The van der Waals surface area contributed by atoms with Crippen LogP contribution in [0, 0.1) is 0 Å². The van der Waals surface area contributed by atoms with E-state index in [0.717, 1.165) is 16.7 Å². The number of methoxy groups -OCH3 is 1. The number of imidazole rings is 1. The van der Waals surface area contributed by atoms with Crippen LogP contribution in [0.3, 0.4) is 0 Å². The van der Waals surface area contributed by atoms with Crippen LogP contribution in [0.15, 0.2) is 78.2 Å². The summed E-state index contributed by atoms with van der Waals surface area (Å²) in [5.74, 6) is -0.169. The minimum Gasteiger partial charge on any atom is -0.493 e. The number of rotatable bonds is 13. The number of carbonyl (C=O) groups is 5. The van der Waals surface area contributed by atoms with Gasteiger partial charge in [-0.05, 0) is 59.9 Å². The fourth-order valence-electron chi connectivity index (χ4n) is 7.99. The van der Waals surface area contributed by atoms with Gasteiger partial charge in [0.25, 0.3) is 17.7 Å². The van der Waals surface area contributed by atoms with Gasteiger partial charge in [0.2, 0.25) is 11.7 Å². The van der Waals surface area contributed by atoms with Crippen molar-refractivity contribution in [1.82, 2.24) is 28.5 Å². The Hall–Kier alpha value is -7.43. The van der Waals surface area contributed by atoms with Crippen LogP contribution in [-0.2, 0) is 45.4 Å². The number of nitrogens with one attached hydrogen (secondary N) is 2. The predicted octanol–water partition coefficient (Wildman–Crippen LogP) is 4.81. The lowest BCUT2D eigenvalue weighted by atomic mass is 10.1. The summed E-state index contributed by atoms with van der Waals surface area (Å²) in [6.07, 6.45) is 7.82. The van der Waals surface area contributed by atoms with Gasteiger partial charge in [-0.15, -0.1) is 0 Å². The summed E-state index contributed by atoms with van der Waals surface area (Å²) in [5, 5.41) is 5.62. The molecule has 8 rings (SSSR count). The SMILES string of the molecule is C=C1C[C@H]2C=Nc3cc(OCCCC(=O)Nc4cn(C)c(C(=O)Cc5cc(C(=O)Nc6cc(C(=O)N7Cc8ccc(N)cc8C7)n(C)c6)n(C)c5)n4)c(OC)cc3C(=O)N2C1. The van der Waals surface area contributed by atoms with Crippen LogP contribution in [-0.4, -0.2) is 90.4 Å². The second kappa shape index (κ2) is 16.3. The van der Waals surface area contributed by atoms with Crippen LogP contribution in [0.25, 0.3) is 0 Å². The van der Waals surface area contributed by atoms with E-state index < -0.39 is 5.91 Å². The molecule has 1 atom stereocenters. The number of aliphatic imine (C=N–C) groups is 1. The molecule has 4 amide bonds. The lowest BCUT2D eigenvalue weighted by Gasteiger charge is -2.20. The first-order valence-electron chi connectivity index (χ1n) is 19.8. The molecule has 3 aromatic heterocycles. The van der Waals surface area contributed by atoms with Gasteiger partial charge in [0, 0.05) is 90.2 Å². The average molecular weight is 827 g/mol. The zero-order valence-electron chi connectivity index (χ0n) is 34.4. The van der Waals surface area contributed by atoms with Crippen molar-refractivity contribution >= 4 is 58.5 Å². The van der Waals surface area contributed by atoms with Gasteiger partial charge >= 0.3 is 0 Å². The number of hydrogen-bond donors (Lipinski definition) is 3. The van der Waals surface area contributed by atoms with Crippen LogP contribution < -0.4 is 25.8 Å². The Balaban J connectivity index is 0.822. The van der Waals surface area contributed by atoms with Crippen molar-refractivity contribution in [3.63, 3.8) is 0 Å². The van der Waals surface area contributed by atoms with Crippen molar-refractivity contribution in [1.29, 1.82) is 0 Å². The van der Waals surface area contributed by atoms with Gasteiger partial charge in [0.1, 0.15) is 11.4 Å². The fourth-order valence-corrected chi connectivity index (χ4v) is 7.99. The molecular weight excluding hydrogens is 781 g/mol. The molecule has 0 radical (unpaired) electrons. The quantitative estimate of drug-likeness (QED) is 0.0645. The number of nitrogens with zero attached hydrogens (tertiary/aromatic N) is 7. The molecule has 61 heavy (non-hydrogen) atoms. The van der Waals surface area contributed by atoms with Crippen LogP contribution in [0.5, 0.6) is 11.5 Å². The van der Waals surface area contributed by atoms with Crippen molar-refractivity contribution in [3.05, 3.63) is 113 Å². The predicted molar refractivity (Wildman–Crippen MR) is 228 cm³/mol. The number of ether oxygens (including phenoxy) is 2. The molecule has 5 aromatic rings. The van der Waals surface area contributed by atoms with Crippen LogP contribution in [0.4, 0.5) is 22.9 Å². The Morgan fingerprint density at radius 2 is 1.69 bits per heavy atom. The Kier molecular flexibility index (Phi) is 10.8. The summed E-state index contributed by atoms with van der Waals surface area (Å²) >= 11 is 0. The lowest BCUT2D eigenvalue weighted by molar-refractivity contribution is -0.116. The molecular formula is C44H46N10O7. The zero-order valence-corrected chi connectivity index (χ0v) is 34.4. The molecule has 1 fully saturated rings. The lowest BCUT2D eigenvalue weighted by Crippen LogP contribution is -2.35. The maximum absolute atomic E-state index is 13.4. The van der Waals surface area contributed by atoms with E-state index >= 15 is 0 Å². The topological polar surface area (TPSA) is 200 Å². The Morgan fingerprint density at radius 1 is 0.902 bits per heavy atom. The Labute approximate surface area is 351 Å². The summed E-state index contributed by atoms with van der Waals surface area (Å²) in [6.45, 7) is 5.63. The number of fused-ring (bicyclic) bond motifs is 3. The molecule has 17 heteroatoms. The third-order valence-corrected chi connectivity index (χ3v) is 11.0. The third kappa shape index (κ3) is 8.26. The van der Waals surface area contributed by atoms with E-state index in [4.69, 9.17) is 15.2 Å². The molecule has 4 N–H and O–H groups in total. The highest BCUT2D eigenvalue weighted by atomic mass is 16.5. The number of Topliss-reactive ketones (excluding diaryl/α,β-unsaturated/α-hetero) is 1. The van der Waals surface area contributed by atoms with Gasteiger partial charge in [-0.2, -0.15) is 0 Å². The van der Waals surface area contributed by atoms with Crippen LogP contribution in [0.1, 0.15) is 77.9 Å². The van der Waals surface area contributed by atoms with E-state index in [1.807, 2.05) is 18.2 Å². The van der Waals surface area contributed by atoms with E-state index in [1.54, 1.807) is 93.7 Å². The van der Waals surface area contributed by atoms with E-state index in [1.165, 1.54) is 7.11 Å². The normalized spacial score (nSPS) is 15.3. The van der Waals surface area contributed by atoms with Crippen molar-refractivity contribution in [2.24, 2.45) is 26.1 Å². The summed E-state index contributed by atoms with van der Waals surface area (Å²) in [7, 11) is 6.62. The average Bonchev–Trinajstić information content (AvgIpc) is 4.05. The highest BCUT2D eigenvalue weighted by Gasteiger charge is 2.34. The summed E-state index contributed by atoms with van der Waals surface area (Å²) < 4.78 is 16.3. The van der Waals surface area contributed by atoms with Gasteiger partial charge in [0.05, 0.1) is 36.7 Å². The maximum atomic E-state index is 13.4. The van der Waals surface area contributed by atoms with Gasteiger partial charge in [-0.1, -0.05) is 18.2 Å². The summed E-state index contributed by atoms with van der Waals surface area (Å²) in [6, 6.07) is 12.1. The molecule has 0 unspecified atom stereocenters. The number of hydrogen-bond acceptors (Lipinski definition) is 10. The Bertz CT molecular complexity index is 2670. The molecule has 0 spiro atoms. The van der Waals surface area contributed by atoms with Crippen molar-refractivity contribution < 1.29 is 33.4 Å². The molecule has 3 aliphatic heterocycles. The van der Waals surface area contributed by atoms with E-state index in [2.05, 4.69) is 27.2 Å². The van der Waals surface area contributed by atoms with Crippen molar-refractivity contribution in [2.75, 3.05) is 36.6 Å². The van der Waals surface area contributed by atoms with Gasteiger partial charge < -0.3 is 49.3 Å². The minimum atomic E-state index is -0.405. The van der Waals surface area contributed by atoms with Gasteiger partial charge in [-0.25, -0.2) is 4.98 Å². The fraction of sp³-hybridized carbons (Fsp3) is 0.295. The smallest absolute Gasteiger partial charge is 0.272 e. The standard InChI is InChI=1S/C44H46N10O7/c1-25-11-31-18-46-33-17-38(37(60-5)16-32(33)43(58)54(31)19-25)61-10-6-7-40(56)48-39-24-52(4)41(49-39)36(55)13-26-12-34(50(2)20-26)42(57)47-30-15-35(51(3)23-30)44(59)53-21-27-8-9-29(45)14-28(27)22-53/h8-9,12,14-18,20,23-24,31H,1,6-7,10-11,13,19,21-22,45H2,2-5H3,(H,47,57)(H,48,56)/t31-/m0/s1. The zero-order chi connectivity index (χ0) is 43.1. The molecule has 1 saturated heterocycles. The monoisotopic (exact) mass is 826 g/mol. The largest absolute Gasteiger partial charge is 0.493 e. The van der Waals surface area contributed by atoms with Gasteiger partial charge in [0.15, 0.2) is 23.1 Å². The van der Waals surface area contributed by atoms with Crippen molar-refractivity contribution in [2.45, 2.75) is 44.8 Å². The highest BCUT2D eigenvalue weighted by molar-refractivity contribution is 6.05. The van der Waals surface area contributed by atoms with Gasteiger partial charge in [-0.3, -0.25) is 29.0 Å². The minimum absolute atomic E-state index is 0.0369. The number of aromatic nitrogens is 4. The van der Waals surface area contributed by atoms with E-state index in [9.17, 15) is 24.0 Å². The number of nitrogens with two attached hydrogens (primary N) is 1. The molecule has 0 bridgehead atoms. The van der Waals surface area contributed by atoms with E-state index in [-0.39, 0.29) is 60.6 Å². The number of aryl methyl sites for hydroxylation is 3. The molecule has 17 nitrogen and oxygen atoms in total. The number of amides is 4. The first-order chi connectivity index (χ1) is 29.2. The second-order valence-electron chi connectivity index (χ2n) is 15.6. The first-order valence-corrected chi connectivity index (χ1v) is 19.8. The number of carbonyl (C=O) groups excluding carboxylic acids is 5. The first kappa shape index (κ1) is 40.4. The summed E-state index contributed by atoms with van der Waals surface area (Å²) in [4.78, 5) is 78.7. The van der Waals surface area contributed by atoms with Crippen LogP contribution >= 0.6 is 0 Å². The second-order valence-corrected chi connectivity index (χ2v) is 15.6. The molecule has 6 heterocycles. The van der Waals surface area contributed by atoms with E-state index in [0.29, 0.717) is 83.6 Å². The number of ketones is 1. The highest BCUT2D eigenvalue weighted by Crippen LogP contribution is 2.38. The van der Waals surface area contributed by atoms with Crippen molar-refractivity contribution in [3.8, 4) is 11.5 Å². The summed E-state index contributed by atoms with van der Waals surface area (Å²) in [5.41, 5.74) is 12.3. The molecule has 3 aliphatic rings. The Morgan fingerprint density at radius 3 is 2.49 bits per heavy atom. The van der Waals surface area contributed by atoms with Crippen LogP contribution in [0.2, 0.25) is 0 Å². The number of anilines is 3. The molecule has 0 aliphatic carbocycles. The maximum Gasteiger partial charge on any atom is 0.272 e. The molecule has 314 valence electrons. The number of nitrogen functional groups attached to an aromatic ring is 1. The third-order valence-electron chi connectivity index (χ3n) is 11.0.